The molecule has 1 nitrogen and oxygen atoms in total. The Bertz CT molecular complexity index is 155. The van der Waals surface area contributed by atoms with Gasteiger partial charge in [-0.25, -0.2) is 0 Å². The molecule has 0 aromatic rings. The van der Waals surface area contributed by atoms with Crippen LogP contribution < -0.4 is 0 Å². The molecule has 0 N–H and O–H groups in total. The Balaban J connectivity index is 2.04. The Morgan fingerprint density at radius 2 is 2.00 bits per heavy atom. The lowest BCUT2D eigenvalue weighted by atomic mass is 9.98. The molecule has 2 fully saturated rings. The van der Waals surface area contributed by atoms with Crippen LogP contribution in [0.4, 0.5) is 0 Å². The van der Waals surface area contributed by atoms with Gasteiger partial charge in [-0.2, -0.15) is 0 Å². The average Bonchev–Trinajstić information content (AvgIpc) is 2.33. The van der Waals surface area contributed by atoms with Gasteiger partial charge in [0.05, 0.1) is 0 Å². The molecule has 70 valence electrons. The van der Waals surface area contributed by atoms with E-state index in [9.17, 15) is 0 Å². The van der Waals surface area contributed by atoms with Crippen molar-refractivity contribution in [1.29, 1.82) is 0 Å². The van der Waals surface area contributed by atoms with Gasteiger partial charge in [0.2, 0.25) is 0 Å². The van der Waals surface area contributed by atoms with Crippen LogP contribution >= 0.6 is 0 Å². The number of likely N-dealkylation sites (tertiary alicyclic amines) is 1. The van der Waals surface area contributed by atoms with Gasteiger partial charge in [0.15, 0.2) is 0 Å². The third kappa shape index (κ3) is 1.52. The van der Waals surface area contributed by atoms with Crippen molar-refractivity contribution < 1.29 is 0 Å². The lowest BCUT2D eigenvalue weighted by Crippen LogP contribution is -2.33. The molecule has 0 aromatic heterocycles. The smallest absolute Gasteiger partial charge is 0.0123 e. The lowest BCUT2D eigenvalue weighted by Gasteiger charge is -2.26. The molecular weight excluding hydrogens is 146 g/mol. The fourth-order valence-corrected chi connectivity index (χ4v) is 3.16. The van der Waals surface area contributed by atoms with Crippen molar-refractivity contribution in [2.24, 2.45) is 11.8 Å². The first-order valence-corrected chi connectivity index (χ1v) is 5.47. The summed E-state index contributed by atoms with van der Waals surface area (Å²) in [4.78, 5) is 2.61. The molecule has 1 heterocycles. The molecule has 0 aromatic carbocycles. The monoisotopic (exact) mass is 167 g/mol. The van der Waals surface area contributed by atoms with Crippen molar-refractivity contribution in [2.45, 2.75) is 45.1 Å². The zero-order chi connectivity index (χ0) is 8.55. The molecule has 2 aliphatic rings. The van der Waals surface area contributed by atoms with Gasteiger partial charge in [-0.15, -0.1) is 0 Å². The van der Waals surface area contributed by atoms with E-state index in [-0.39, 0.29) is 0 Å². The molecule has 3 unspecified atom stereocenters. The molecule has 1 saturated heterocycles. The van der Waals surface area contributed by atoms with Gasteiger partial charge in [0, 0.05) is 6.04 Å². The highest BCUT2D eigenvalue weighted by Gasteiger charge is 2.35. The maximum Gasteiger partial charge on any atom is 0.0123 e. The Morgan fingerprint density at radius 3 is 2.83 bits per heavy atom. The van der Waals surface area contributed by atoms with E-state index < -0.39 is 0 Å². The molecule has 0 amide bonds. The molecule has 3 atom stereocenters. The van der Waals surface area contributed by atoms with Crippen molar-refractivity contribution in [1.82, 2.24) is 4.90 Å². The average molecular weight is 167 g/mol. The highest BCUT2D eigenvalue weighted by atomic mass is 15.1. The van der Waals surface area contributed by atoms with Gasteiger partial charge in [0.1, 0.15) is 0 Å². The zero-order valence-electron chi connectivity index (χ0n) is 8.42. The van der Waals surface area contributed by atoms with Crippen molar-refractivity contribution in [2.75, 3.05) is 13.6 Å². The van der Waals surface area contributed by atoms with Crippen LogP contribution in [0.2, 0.25) is 0 Å². The van der Waals surface area contributed by atoms with Crippen LogP contribution in [-0.4, -0.2) is 24.5 Å². The minimum absolute atomic E-state index is 0.933. The van der Waals surface area contributed by atoms with Crippen LogP contribution in [0.3, 0.4) is 0 Å². The van der Waals surface area contributed by atoms with Crippen LogP contribution in [0.25, 0.3) is 0 Å². The topological polar surface area (TPSA) is 3.24 Å². The second-order valence-electron chi connectivity index (χ2n) is 4.88. The maximum absolute atomic E-state index is 2.61. The summed E-state index contributed by atoms with van der Waals surface area (Å²) in [6.45, 7) is 3.76. The molecule has 1 saturated carbocycles. The summed E-state index contributed by atoms with van der Waals surface area (Å²) in [6.07, 6.45) is 7.35. The van der Waals surface area contributed by atoms with Crippen LogP contribution in [0, 0.1) is 11.8 Å². The minimum Gasteiger partial charge on any atom is -0.303 e. The highest BCUT2D eigenvalue weighted by Crippen LogP contribution is 2.38. The van der Waals surface area contributed by atoms with E-state index in [1.54, 1.807) is 0 Å². The van der Waals surface area contributed by atoms with E-state index in [1.165, 1.54) is 38.6 Å². The van der Waals surface area contributed by atoms with Crippen molar-refractivity contribution in [3.8, 4) is 0 Å². The van der Waals surface area contributed by atoms with Crippen molar-refractivity contribution in [3.05, 3.63) is 0 Å². The van der Waals surface area contributed by atoms with E-state index in [2.05, 4.69) is 18.9 Å². The summed E-state index contributed by atoms with van der Waals surface area (Å²) >= 11 is 0. The van der Waals surface area contributed by atoms with Gasteiger partial charge >= 0.3 is 0 Å². The molecule has 1 aliphatic carbocycles. The fourth-order valence-electron chi connectivity index (χ4n) is 3.16. The maximum atomic E-state index is 2.61. The van der Waals surface area contributed by atoms with Crippen LogP contribution in [0.5, 0.6) is 0 Å². The Labute approximate surface area is 76.1 Å². The largest absolute Gasteiger partial charge is 0.303 e. The SMILES string of the molecule is CC1CC2CCCCN(C)C2C1. The standard InChI is InChI=1S/C11H21N/c1-9-7-10-5-3-4-6-12(2)11(10)8-9/h9-11H,3-8H2,1-2H3. The van der Waals surface area contributed by atoms with Crippen molar-refractivity contribution in [3.63, 3.8) is 0 Å². The quantitative estimate of drug-likeness (QED) is 0.536. The molecule has 0 spiro atoms. The number of rotatable bonds is 0. The highest BCUT2D eigenvalue weighted by molar-refractivity contribution is 4.89. The second-order valence-corrected chi connectivity index (χ2v) is 4.88. The summed E-state index contributed by atoms with van der Waals surface area (Å²) in [5.41, 5.74) is 0. The zero-order valence-corrected chi connectivity index (χ0v) is 8.42. The first-order chi connectivity index (χ1) is 5.77. The Morgan fingerprint density at radius 1 is 1.17 bits per heavy atom. The van der Waals surface area contributed by atoms with Gasteiger partial charge in [-0.1, -0.05) is 13.3 Å². The Hall–Kier alpha value is -0.0400. The van der Waals surface area contributed by atoms with Gasteiger partial charge in [0.25, 0.3) is 0 Å². The summed E-state index contributed by atoms with van der Waals surface area (Å²) in [6, 6.07) is 0.933. The first-order valence-electron chi connectivity index (χ1n) is 5.47. The van der Waals surface area contributed by atoms with E-state index >= 15 is 0 Å². The lowest BCUT2D eigenvalue weighted by molar-refractivity contribution is 0.214. The number of nitrogens with zero attached hydrogens (tertiary/aromatic N) is 1. The molecule has 12 heavy (non-hydrogen) atoms. The molecule has 1 aliphatic heterocycles. The fraction of sp³-hybridized carbons (Fsp3) is 1.00. The minimum atomic E-state index is 0.933. The third-order valence-electron chi connectivity index (χ3n) is 3.80. The molecule has 2 rings (SSSR count). The predicted octanol–water partition coefficient (Wildman–Crippen LogP) is 2.52. The van der Waals surface area contributed by atoms with Crippen LogP contribution in [0.15, 0.2) is 0 Å². The van der Waals surface area contributed by atoms with E-state index in [0.717, 1.165) is 17.9 Å². The molecule has 0 radical (unpaired) electrons. The second kappa shape index (κ2) is 3.37. The number of fused-ring (bicyclic) bond motifs is 1. The summed E-state index contributed by atoms with van der Waals surface area (Å²) in [5, 5.41) is 0. The first kappa shape index (κ1) is 8.55. The Kier molecular flexibility index (Phi) is 2.40. The predicted molar refractivity (Wildman–Crippen MR) is 52.2 cm³/mol. The van der Waals surface area contributed by atoms with Crippen LogP contribution in [0.1, 0.15) is 39.0 Å². The van der Waals surface area contributed by atoms with Gasteiger partial charge in [-0.3, -0.25) is 0 Å². The summed E-state index contributed by atoms with van der Waals surface area (Å²) in [7, 11) is 2.32. The molecule has 1 heteroatoms. The summed E-state index contributed by atoms with van der Waals surface area (Å²) < 4.78 is 0. The molecular formula is C11H21N. The molecule has 0 bridgehead atoms. The van der Waals surface area contributed by atoms with Crippen molar-refractivity contribution >= 4 is 0 Å². The third-order valence-corrected chi connectivity index (χ3v) is 3.80. The van der Waals surface area contributed by atoms with Gasteiger partial charge < -0.3 is 4.90 Å². The summed E-state index contributed by atoms with van der Waals surface area (Å²) in [5.74, 6) is 2.02. The normalized spacial score (nSPS) is 44.0. The number of hydrogen-bond donors (Lipinski definition) is 0. The van der Waals surface area contributed by atoms with Gasteiger partial charge in [-0.05, 0) is 51.1 Å². The van der Waals surface area contributed by atoms with Crippen LogP contribution in [-0.2, 0) is 0 Å². The van der Waals surface area contributed by atoms with E-state index in [1.807, 2.05) is 0 Å². The van der Waals surface area contributed by atoms with E-state index in [0.29, 0.717) is 0 Å². The van der Waals surface area contributed by atoms with E-state index in [4.69, 9.17) is 0 Å². The number of hydrogen-bond acceptors (Lipinski definition) is 1.